The van der Waals surface area contributed by atoms with E-state index in [1.165, 1.54) is 0 Å². The molecule has 0 spiro atoms. The minimum atomic E-state index is -0.600. The normalized spacial score (nSPS) is 16.3. The van der Waals surface area contributed by atoms with Crippen LogP contribution in [0.1, 0.15) is 36.2 Å². The van der Waals surface area contributed by atoms with Gasteiger partial charge in [0.15, 0.2) is 5.82 Å². The Kier molecular flexibility index (Phi) is 3.30. The van der Waals surface area contributed by atoms with E-state index in [9.17, 15) is 9.65 Å². The standard InChI is InChI=1S/C17H16ClFN2/c1-11-4-5-12(2)21(11)14-7-6-13(15(18)16(14)19)17(10-20)8-3-9-17/h4-7H,3,8-9H2,1-2H3. The van der Waals surface area contributed by atoms with Gasteiger partial charge >= 0.3 is 0 Å². The number of nitriles is 1. The summed E-state index contributed by atoms with van der Waals surface area (Å²) in [5.74, 6) is -0.446. The summed E-state index contributed by atoms with van der Waals surface area (Å²) in [6.45, 7) is 3.86. The fourth-order valence-electron chi connectivity index (χ4n) is 3.10. The highest BCUT2D eigenvalue weighted by Crippen LogP contribution is 2.46. The van der Waals surface area contributed by atoms with Crippen molar-refractivity contribution in [3.63, 3.8) is 0 Å². The number of aromatic nitrogens is 1. The van der Waals surface area contributed by atoms with Crippen molar-refractivity contribution in [2.75, 3.05) is 0 Å². The van der Waals surface area contributed by atoms with Crippen molar-refractivity contribution in [2.45, 2.75) is 38.5 Å². The fourth-order valence-corrected chi connectivity index (χ4v) is 3.44. The van der Waals surface area contributed by atoms with E-state index >= 15 is 0 Å². The summed E-state index contributed by atoms with van der Waals surface area (Å²) in [5.41, 5.74) is 2.37. The van der Waals surface area contributed by atoms with Crippen LogP contribution in [-0.4, -0.2) is 4.57 Å². The Balaban J connectivity index is 2.16. The van der Waals surface area contributed by atoms with Crippen LogP contribution in [0.4, 0.5) is 4.39 Å². The zero-order valence-electron chi connectivity index (χ0n) is 12.1. The molecule has 1 saturated carbocycles. The molecule has 2 aromatic rings. The monoisotopic (exact) mass is 302 g/mol. The molecule has 0 bridgehead atoms. The molecule has 0 saturated heterocycles. The number of aryl methyl sites for hydroxylation is 2. The molecule has 1 heterocycles. The maximum atomic E-state index is 14.8. The molecule has 0 N–H and O–H groups in total. The lowest BCUT2D eigenvalue weighted by molar-refractivity contribution is 0.323. The first kappa shape index (κ1) is 14.2. The van der Waals surface area contributed by atoms with E-state index in [4.69, 9.17) is 11.6 Å². The Hall–Kier alpha value is -1.79. The van der Waals surface area contributed by atoms with Crippen molar-refractivity contribution < 1.29 is 4.39 Å². The number of benzene rings is 1. The Morgan fingerprint density at radius 1 is 1.19 bits per heavy atom. The molecule has 21 heavy (non-hydrogen) atoms. The van der Waals surface area contributed by atoms with Crippen molar-refractivity contribution in [1.29, 1.82) is 5.26 Å². The summed E-state index contributed by atoms with van der Waals surface area (Å²) in [5, 5.41) is 9.50. The molecule has 0 aliphatic heterocycles. The first-order chi connectivity index (χ1) is 10.00. The van der Waals surface area contributed by atoms with Crippen molar-refractivity contribution in [3.8, 4) is 11.8 Å². The summed E-state index contributed by atoms with van der Waals surface area (Å²) in [6.07, 6.45) is 2.50. The zero-order chi connectivity index (χ0) is 15.2. The van der Waals surface area contributed by atoms with E-state index in [0.29, 0.717) is 11.3 Å². The summed E-state index contributed by atoms with van der Waals surface area (Å²) in [7, 11) is 0. The van der Waals surface area contributed by atoms with Crippen molar-refractivity contribution in [3.05, 3.63) is 52.1 Å². The first-order valence-corrected chi connectivity index (χ1v) is 7.43. The zero-order valence-corrected chi connectivity index (χ0v) is 12.8. The maximum Gasteiger partial charge on any atom is 0.166 e. The largest absolute Gasteiger partial charge is 0.316 e. The van der Waals surface area contributed by atoms with Gasteiger partial charge in [-0.15, -0.1) is 0 Å². The fraction of sp³-hybridized carbons (Fsp3) is 0.353. The van der Waals surface area contributed by atoms with Crippen LogP contribution in [0.2, 0.25) is 5.02 Å². The van der Waals surface area contributed by atoms with Crippen LogP contribution >= 0.6 is 11.6 Å². The second-order valence-corrected chi connectivity index (χ2v) is 6.14. The second kappa shape index (κ2) is 4.89. The first-order valence-electron chi connectivity index (χ1n) is 7.05. The number of hydrogen-bond acceptors (Lipinski definition) is 1. The van der Waals surface area contributed by atoms with Gasteiger partial charge in [-0.3, -0.25) is 0 Å². The topological polar surface area (TPSA) is 28.7 Å². The summed E-state index contributed by atoms with van der Waals surface area (Å²) in [6, 6.07) is 9.74. The van der Waals surface area contributed by atoms with Gasteiger partial charge in [-0.05, 0) is 56.9 Å². The average Bonchev–Trinajstić information content (AvgIpc) is 2.74. The van der Waals surface area contributed by atoms with Gasteiger partial charge in [0.25, 0.3) is 0 Å². The lowest BCUT2D eigenvalue weighted by Crippen LogP contribution is -2.33. The van der Waals surface area contributed by atoms with Gasteiger partial charge in [-0.1, -0.05) is 17.7 Å². The van der Waals surface area contributed by atoms with E-state index < -0.39 is 11.2 Å². The third kappa shape index (κ3) is 1.98. The highest BCUT2D eigenvalue weighted by Gasteiger charge is 2.41. The maximum absolute atomic E-state index is 14.8. The molecule has 1 aromatic heterocycles. The molecule has 108 valence electrons. The van der Waals surface area contributed by atoms with Gasteiger partial charge in [-0.2, -0.15) is 5.26 Å². The molecule has 0 amide bonds. The third-order valence-electron chi connectivity index (χ3n) is 4.51. The van der Waals surface area contributed by atoms with Crippen LogP contribution in [0.15, 0.2) is 24.3 Å². The summed E-state index contributed by atoms with van der Waals surface area (Å²) >= 11 is 6.26. The smallest absolute Gasteiger partial charge is 0.166 e. The molecule has 0 atom stereocenters. The predicted octanol–water partition coefficient (Wildman–Crippen LogP) is 4.83. The average molecular weight is 303 g/mol. The van der Waals surface area contributed by atoms with Crippen LogP contribution in [0, 0.1) is 31.0 Å². The van der Waals surface area contributed by atoms with Crippen LogP contribution in [0.3, 0.4) is 0 Å². The van der Waals surface area contributed by atoms with Crippen molar-refractivity contribution in [1.82, 2.24) is 4.57 Å². The third-order valence-corrected chi connectivity index (χ3v) is 4.88. The van der Waals surface area contributed by atoms with Crippen LogP contribution in [0.25, 0.3) is 5.69 Å². The lowest BCUT2D eigenvalue weighted by Gasteiger charge is -2.36. The number of rotatable bonds is 2. The van der Waals surface area contributed by atoms with Gasteiger partial charge < -0.3 is 4.57 Å². The SMILES string of the molecule is Cc1ccc(C)n1-c1ccc(C2(C#N)CCC2)c(Cl)c1F. The van der Waals surface area contributed by atoms with Gasteiger partial charge in [-0.25, -0.2) is 4.39 Å². The molecule has 1 fully saturated rings. The van der Waals surface area contributed by atoms with E-state index in [1.807, 2.05) is 36.6 Å². The Bertz CT molecular complexity index is 731. The predicted molar refractivity (Wildman–Crippen MR) is 81.4 cm³/mol. The quantitative estimate of drug-likeness (QED) is 0.781. The minimum absolute atomic E-state index is 0.0845. The molecule has 4 heteroatoms. The highest BCUT2D eigenvalue weighted by atomic mass is 35.5. The van der Waals surface area contributed by atoms with Gasteiger partial charge in [0.1, 0.15) is 0 Å². The molecule has 1 aromatic carbocycles. The molecule has 0 radical (unpaired) electrons. The molecular weight excluding hydrogens is 287 g/mol. The van der Waals surface area contributed by atoms with Crippen molar-refractivity contribution in [2.24, 2.45) is 0 Å². The van der Waals surface area contributed by atoms with Gasteiger partial charge in [0.2, 0.25) is 0 Å². The number of hydrogen-bond donors (Lipinski definition) is 0. The molecule has 1 aliphatic carbocycles. The lowest BCUT2D eigenvalue weighted by atomic mass is 9.65. The van der Waals surface area contributed by atoms with E-state index in [-0.39, 0.29) is 5.02 Å². The van der Waals surface area contributed by atoms with E-state index in [0.717, 1.165) is 30.7 Å². The Morgan fingerprint density at radius 2 is 1.81 bits per heavy atom. The molecule has 2 nitrogen and oxygen atoms in total. The van der Waals surface area contributed by atoms with E-state index in [2.05, 4.69) is 6.07 Å². The van der Waals surface area contributed by atoms with E-state index in [1.54, 1.807) is 6.07 Å². The minimum Gasteiger partial charge on any atom is -0.316 e. The van der Waals surface area contributed by atoms with Crippen LogP contribution in [-0.2, 0) is 5.41 Å². The van der Waals surface area contributed by atoms with Crippen LogP contribution < -0.4 is 0 Å². The number of nitrogens with zero attached hydrogens (tertiary/aromatic N) is 2. The molecule has 3 rings (SSSR count). The molecule has 0 unspecified atom stereocenters. The Labute approximate surface area is 128 Å². The summed E-state index contributed by atoms with van der Waals surface area (Å²) < 4.78 is 16.6. The molecular formula is C17H16ClFN2. The van der Waals surface area contributed by atoms with Crippen LogP contribution in [0.5, 0.6) is 0 Å². The second-order valence-electron chi connectivity index (χ2n) is 5.76. The molecule has 1 aliphatic rings. The highest BCUT2D eigenvalue weighted by molar-refractivity contribution is 6.32. The van der Waals surface area contributed by atoms with Gasteiger partial charge in [0, 0.05) is 11.4 Å². The van der Waals surface area contributed by atoms with Gasteiger partial charge in [0.05, 0.1) is 22.2 Å². The Morgan fingerprint density at radius 3 is 2.29 bits per heavy atom. The number of halogens is 2. The summed E-state index contributed by atoms with van der Waals surface area (Å²) in [4.78, 5) is 0. The van der Waals surface area contributed by atoms with Crippen molar-refractivity contribution >= 4 is 11.6 Å².